The fourth-order valence-corrected chi connectivity index (χ4v) is 3.62. The van der Waals surface area contributed by atoms with Crippen molar-refractivity contribution in [2.24, 2.45) is 5.92 Å². The zero-order valence-electron chi connectivity index (χ0n) is 11.7. The van der Waals surface area contributed by atoms with E-state index in [1.807, 2.05) is 0 Å². The molecule has 0 N–H and O–H groups in total. The second-order valence-corrected chi connectivity index (χ2v) is 6.07. The molecule has 0 spiro atoms. The van der Waals surface area contributed by atoms with Crippen molar-refractivity contribution < 1.29 is 0 Å². The largest absolute Gasteiger partial charge is 0.344 e. The molecule has 3 rings (SSSR count). The van der Waals surface area contributed by atoms with Crippen LogP contribution in [0.25, 0.3) is 10.9 Å². The smallest absolute Gasteiger partial charge is 0.0488 e. The second-order valence-electron chi connectivity index (χ2n) is 6.07. The van der Waals surface area contributed by atoms with Crippen LogP contribution in [0.5, 0.6) is 0 Å². The summed E-state index contributed by atoms with van der Waals surface area (Å²) in [4.78, 5) is 0. The van der Waals surface area contributed by atoms with Gasteiger partial charge in [0.25, 0.3) is 0 Å². The molecule has 2 aromatic rings. The molecule has 0 amide bonds. The highest BCUT2D eigenvalue weighted by atomic mass is 15.0. The van der Waals surface area contributed by atoms with Crippen LogP contribution >= 0.6 is 0 Å². The van der Waals surface area contributed by atoms with E-state index in [2.05, 4.69) is 49.7 Å². The van der Waals surface area contributed by atoms with E-state index in [0.29, 0.717) is 6.04 Å². The highest BCUT2D eigenvalue weighted by Crippen LogP contribution is 2.36. The molecule has 0 aliphatic heterocycles. The second kappa shape index (κ2) is 4.46. The van der Waals surface area contributed by atoms with Crippen molar-refractivity contribution in [3.63, 3.8) is 0 Å². The SMILES string of the molecule is Cc1cc(C)c2ccn([C@@H]3CCCC[C@@H]3C)c2c1. The summed E-state index contributed by atoms with van der Waals surface area (Å²) in [6, 6.07) is 7.64. The molecule has 1 fully saturated rings. The zero-order chi connectivity index (χ0) is 12.7. The maximum absolute atomic E-state index is 2.54. The predicted octanol–water partition coefficient (Wildman–Crippen LogP) is 5.01. The molecule has 1 aliphatic carbocycles. The van der Waals surface area contributed by atoms with Gasteiger partial charge < -0.3 is 4.57 Å². The minimum atomic E-state index is 0.706. The summed E-state index contributed by atoms with van der Waals surface area (Å²) in [6.07, 6.45) is 7.84. The Morgan fingerprint density at radius 2 is 1.89 bits per heavy atom. The lowest BCUT2D eigenvalue weighted by molar-refractivity contribution is 0.263. The Kier molecular flexibility index (Phi) is 2.93. The van der Waals surface area contributed by atoms with E-state index < -0.39 is 0 Å². The molecule has 0 saturated heterocycles. The minimum Gasteiger partial charge on any atom is -0.344 e. The summed E-state index contributed by atoms with van der Waals surface area (Å²) in [6.45, 7) is 6.84. The van der Waals surface area contributed by atoms with E-state index >= 15 is 0 Å². The summed E-state index contributed by atoms with van der Waals surface area (Å²) in [5.74, 6) is 0.815. The molecule has 1 aromatic heterocycles. The summed E-state index contributed by atoms with van der Waals surface area (Å²) < 4.78 is 2.54. The Bertz CT molecular complexity index is 564. The number of aromatic nitrogens is 1. The van der Waals surface area contributed by atoms with Crippen LogP contribution in [0.4, 0.5) is 0 Å². The van der Waals surface area contributed by atoms with Gasteiger partial charge in [-0.2, -0.15) is 0 Å². The van der Waals surface area contributed by atoms with Crippen molar-refractivity contribution in [1.82, 2.24) is 4.57 Å². The molecule has 18 heavy (non-hydrogen) atoms. The van der Waals surface area contributed by atoms with Crippen LogP contribution in [0.3, 0.4) is 0 Å². The lowest BCUT2D eigenvalue weighted by atomic mass is 9.85. The molecule has 0 radical (unpaired) electrons. The Balaban J connectivity index is 2.11. The summed E-state index contributed by atoms with van der Waals surface area (Å²) in [5, 5.41) is 1.43. The first-order valence-electron chi connectivity index (χ1n) is 7.24. The molecule has 1 saturated carbocycles. The van der Waals surface area contributed by atoms with Crippen LogP contribution < -0.4 is 0 Å². The highest BCUT2D eigenvalue weighted by Gasteiger charge is 2.23. The summed E-state index contributed by atoms with van der Waals surface area (Å²) in [5.41, 5.74) is 4.22. The van der Waals surface area contributed by atoms with E-state index in [4.69, 9.17) is 0 Å². The van der Waals surface area contributed by atoms with E-state index in [-0.39, 0.29) is 0 Å². The van der Waals surface area contributed by atoms with E-state index in [9.17, 15) is 0 Å². The molecule has 1 heterocycles. The molecular formula is C17H23N. The minimum absolute atomic E-state index is 0.706. The standard InChI is InChI=1S/C17H23N/c1-12-10-14(3)15-8-9-18(17(15)11-12)16-7-5-4-6-13(16)2/h8-11,13,16H,4-7H2,1-3H3/t13-,16+/m0/s1. The average molecular weight is 241 g/mol. The van der Waals surface area contributed by atoms with E-state index in [1.54, 1.807) is 0 Å². The Morgan fingerprint density at radius 3 is 2.67 bits per heavy atom. The van der Waals surface area contributed by atoms with Gasteiger partial charge in [0.15, 0.2) is 0 Å². The molecular weight excluding hydrogens is 218 g/mol. The topological polar surface area (TPSA) is 4.93 Å². The number of nitrogens with zero attached hydrogens (tertiary/aromatic N) is 1. The number of rotatable bonds is 1. The molecule has 0 bridgehead atoms. The van der Waals surface area contributed by atoms with Gasteiger partial charge in [-0.05, 0) is 55.9 Å². The van der Waals surface area contributed by atoms with Crippen LogP contribution in [0, 0.1) is 19.8 Å². The van der Waals surface area contributed by atoms with Gasteiger partial charge in [0.2, 0.25) is 0 Å². The number of aryl methyl sites for hydroxylation is 2. The van der Waals surface area contributed by atoms with Crippen LogP contribution in [-0.2, 0) is 0 Å². The molecule has 1 nitrogen and oxygen atoms in total. The quantitative estimate of drug-likeness (QED) is 0.661. The van der Waals surface area contributed by atoms with Gasteiger partial charge in [-0.1, -0.05) is 25.8 Å². The first-order chi connectivity index (χ1) is 8.66. The van der Waals surface area contributed by atoms with Crippen molar-refractivity contribution in [3.05, 3.63) is 35.5 Å². The van der Waals surface area contributed by atoms with Gasteiger partial charge in [0.05, 0.1) is 0 Å². The van der Waals surface area contributed by atoms with Crippen molar-refractivity contribution in [1.29, 1.82) is 0 Å². The zero-order valence-corrected chi connectivity index (χ0v) is 11.7. The monoisotopic (exact) mass is 241 g/mol. The molecule has 0 unspecified atom stereocenters. The fraction of sp³-hybridized carbons (Fsp3) is 0.529. The number of benzene rings is 1. The van der Waals surface area contributed by atoms with Crippen LogP contribution in [0.2, 0.25) is 0 Å². The van der Waals surface area contributed by atoms with Gasteiger partial charge in [-0.25, -0.2) is 0 Å². The first kappa shape index (κ1) is 11.8. The number of fused-ring (bicyclic) bond motifs is 1. The highest BCUT2D eigenvalue weighted by molar-refractivity contribution is 5.84. The summed E-state index contributed by atoms with van der Waals surface area (Å²) in [7, 11) is 0. The van der Waals surface area contributed by atoms with Crippen LogP contribution in [-0.4, -0.2) is 4.57 Å². The van der Waals surface area contributed by atoms with E-state index in [1.165, 1.54) is 47.7 Å². The first-order valence-corrected chi connectivity index (χ1v) is 7.24. The van der Waals surface area contributed by atoms with E-state index in [0.717, 1.165) is 5.92 Å². The van der Waals surface area contributed by atoms with Gasteiger partial charge in [0.1, 0.15) is 0 Å². The molecule has 1 aliphatic rings. The number of hydrogen-bond donors (Lipinski definition) is 0. The fourth-order valence-electron chi connectivity index (χ4n) is 3.62. The number of hydrogen-bond acceptors (Lipinski definition) is 0. The third-order valence-electron chi connectivity index (χ3n) is 4.61. The predicted molar refractivity (Wildman–Crippen MR) is 78.1 cm³/mol. The molecule has 2 atom stereocenters. The lowest BCUT2D eigenvalue weighted by Crippen LogP contribution is -2.20. The normalized spacial score (nSPS) is 24.6. The maximum atomic E-state index is 2.54. The third kappa shape index (κ3) is 1.86. The maximum Gasteiger partial charge on any atom is 0.0488 e. The van der Waals surface area contributed by atoms with Crippen LogP contribution in [0.1, 0.15) is 49.8 Å². The summed E-state index contributed by atoms with van der Waals surface area (Å²) >= 11 is 0. The molecule has 1 heteroatoms. The Labute approximate surface area is 110 Å². The Hall–Kier alpha value is -1.24. The van der Waals surface area contributed by atoms with Crippen molar-refractivity contribution in [2.45, 2.75) is 52.5 Å². The van der Waals surface area contributed by atoms with Crippen molar-refractivity contribution in [3.8, 4) is 0 Å². The van der Waals surface area contributed by atoms with Gasteiger partial charge in [0, 0.05) is 23.1 Å². The third-order valence-corrected chi connectivity index (χ3v) is 4.61. The van der Waals surface area contributed by atoms with Crippen LogP contribution in [0.15, 0.2) is 24.4 Å². The van der Waals surface area contributed by atoms with Gasteiger partial charge >= 0.3 is 0 Å². The average Bonchev–Trinajstić information content (AvgIpc) is 2.73. The van der Waals surface area contributed by atoms with Crippen molar-refractivity contribution >= 4 is 10.9 Å². The molecule has 1 aromatic carbocycles. The lowest BCUT2D eigenvalue weighted by Gasteiger charge is -2.31. The molecule has 96 valence electrons. The Morgan fingerprint density at radius 1 is 1.11 bits per heavy atom. The van der Waals surface area contributed by atoms with Crippen molar-refractivity contribution in [2.75, 3.05) is 0 Å². The van der Waals surface area contributed by atoms with Gasteiger partial charge in [-0.15, -0.1) is 0 Å². The van der Waals surface area contributed by atoms with Gasteiger partial charge in [-0.3, -0.25) is 0 Å².